The molecule has 0 saturated carbocycles. The van der Waals surface area contributed by atoms with Crippen molar-refractivity contribution in [1.82, 2.24) is 14.9 Å². The first-order valence-corrected chi connectivity index (χ1v) is 15.7. The smallest absolute Gasteiger partial charge is 0.475 e. The Morgan fingerprint density at radius 2 is 1.65 bits per heavy atom. The molecule has 1 amide bonds. The number of piperidine rings is 1. The van der Waals surface area contributed by atoms with Crippen LogP contribution in [-0.4, -0.2) is 56.2 Å². The normalized spacial score (nSPS) is 14.3. The summed E-state index contributed by atoms with van der Waals surface area (Å²) in [5.41, 5.74) is 5.74. The lowest BCUT2D eigenvalue weighted by atomic mass is 9.95. The first-order chi connectivity index (χ1) is 22.9. The summed E-state index contributed by atoms with van der Waals surface area (Å²) in [5.74, 6) is -1.83. The summed E-state index contributed by atoms with van der Waals surface area (Å²) in [7, 11) is 0. The Labute approximate surface area is 284 Å². The zero-order valence-corrected chi connectivity index (χ0v) is 26.9. The average molecular weight is 698 g/mol. The van der Waals surface area contributed by atoms with E-state index in [1.165, 1.54) is 5.56 Å². The van der Waals surface area contributed by atoms with E-state index in [2.05, 4.69) is 54.3 Å². The number of nitrogens with one attached hydrogen (secondary N) is 4. The Hall–Kier alpha value is -4.95. The Morgan fingerprint density at radius 3 is 2.35 bits per heavy atom. The van der Waals surface area contributed by atoms with Crippen LogP contribution in [-0.2, 0) is 22.4 Å². The molecular formula is C33H31ClF3N7O3S. The molecule has 3 aromatic carbocycles. The highest BCUT2D eigenvalue weighted by Crippen LogP contribution is 2.30. The van der Waals surface area contributed by atoms with Gasteiger partial charge >= 0.3 is 12.1 Å². The summed E-state index contributed by atoms with van der Waals surface area (Å²) in [4.78, 5) is 33.3. The van der Waals surface area contributed by atoms with Gasteiger partial charge in [0, 0.05) is 41.8 Å². The van der Waals surface area contributed by atoms with Crippen molar-refractivity contribution in [1.29, 1.82) is 0 Å². The Kier molecular flexibility index (Phi) is 11.0. The maximum Gasteiger partial charge on any atom is 0.490 e. The number of rotatable bonds is 3. The maximum absolute atomic E-state index is 13.4. The van der Waals surface area contributed by atoms with Crippen molar-refractivity contribution in [2.45, 2.75) is 31.9 Å². The molecule has 1 fully saturated rings. The van der Waals surface area contributed by atoms with Gasteiger partial charge < -0.3 is 31.3 Å². The number of aromatic nitrogens is 2. The van der Waals surface area contributed by atoms with Crippen molar-refractivity contribution in [3.05, 3.63) is 95.1 Å². The van der Waals surface area contributed by atoms with Gasteiger partial charge in [0.2, 0.25) is 11.9 Å². The Morgan fingerprint density at radius 1 is 0.938 bits per heavy atom. The second-order valence-electron chi connectivity index (χ2n) is 11.1. The van der Waals surface area contributed by atoms with Crippen molar-refractivity contribution in [2.75, 3.05) is 34.4 Å². The number of amides is 1. The molecule has 0 aliphatic carbocycles. The number of likely N-dealkylation sites (tertiary alicyclic amines) is 1. The fourth-order valence-electron chi connectivity index (χ4n) is 5.17. The monoisotopic (exact) mass is 697 g/mol. The number of para-hydroxylation sites is 1. The number of carbonyl (C=O) groups is 2. The van der Waals surface area contributed by atoms with Crippen molar-refractivity contribution >= 4 is 75.3 Å². The number of alkyl halides is 3. The molecular weight excluding hydrogens is 667 g/mol. The molecule has 10 nitrogen and oxygen atoms in total. The summed E-state index contributed by atoms with van der Waals surface area (Å²) in [6.45, 7) is 1.47. The summed E-state index contributed by atoms with van der Waals surface area (Å²) < 4.78 is 31.7. The van der Waals surface area contributed by atoms with Crippen LogP contribution in [0.2, 0.25) is 5.02 Å². The Balaban J connectivity index is 0.000000582. The number of carbonyl (C=O) groups excluding carboxylic acids is 1. The molecule has 4 aromatic rings. The lowest BCUT2D eigenvalue weighted by molar-refractivity contribution is -0.192. The molecule has 0 radical (unpaired) electrons. The highest BCUT2D eigenvalue weighted by atomic mass is 35.5. The molecule has 1 aromatic heterocycles. The van der Waals surface area contributed by atoms with Gasteiger partial charge in [0.25, 0.3) is 0 Å². The van der Waals surface area contributed by atoms with Crippen LogP contribution in [0.3, 0.4) is 0 Å². The first kappa shape index (κ1) is 34.4. The van der Waals surface area contributed by atoms with Crippen molar-refractivity contribution < 1.29 is 27.9 Å². The SMILES string of the molecule is O=C(Nc1ccc2cc1CCc1cccc(c1)Nc1ncc(Cl)c(n1)N2)C1CCN(C(=S)Nc2ccccc2)CC1.O=C(O)C(F)(F)F. The number of nitrogens with zero attached hydrogens (tertiary/aromatic N) is 3. The number of halogens is 4. The van der Waals surface area contributed by atoms with Gasteiger partial charge in [-0.1, -0.05) is 41.9 Å². The predicted octanol–water partition coefficient (Wildman–Crippen LogP) is 7.40. The molecule has 48 heavy (non-hydrogen) atoms. The number of benzene rings is 3. The van der Waals surface area contributed by atoms with E-state index < -0.39 is 12.1 Å². The van der Waals surface area contributed by atoms with Gasteiger partial charge in [-0.15, -0.1) is 0 Å². The second kappa shape index (κ2) is 15.3. The Bertz CT molecular complexity index is 1790. The number of thiocarbonyl (C=S) groups is 1. The van der Waals surface area contributed by atoms with Gasteiger partial charge in [-0.05, 0) is 91.5 Å². The lowest BCUT2D eigenvalue weighted by Crippen LogP contribution is -2.43. The molecule has 0 spiro atoms. The maximum atomic E-state index is 13.4. The van der Waals surface area contributed by atoms with Crippen LogP contribution < -0.4 is 21.3 Å². The number of carboxylic acids is 1. The fraction of sp³-hybridized carbons (Fsp3) is 0.242. The van der Waals surface area contributed by atoms with Crippen LogP contribution in [0.4, 0.5) is 47.7 Å². The minimum absolute atomic E-state index is 0.0427. The minimum Gasteiger partial charge on any atom is -0.475 e. The third-order valence-corrected chi connectivity index (χ3v) is 8.29. The van der Waals surface area contributed by atoms with E-state index in [-0.39, 0.29) is 11.8 Å². The summed E-state index contributed by atoms with van der Waals surface area (Å²) in [6.07, 6.45) is -0.458. The number of hydrogen-bond acceptors (Lipinski definition) is 7. The quantitative estimate of drug-likeness (QED) is 0.138. The molecule has 15 heteroatoms. The minimum atomic E-state index is -5.08. The topological polar surface area (TPSA) is 132 Å². The fourth-order valence-corrected chi connectivity index (χ4v) is 5.61. The summed E-state index contributed by atoms with van der Waals surface area (Å²) in [5, 5.41) is 21.3. The largest absolute Gasteiger partial charge is 0.490 e. The molecule has 1 saturated heterocycles. The van der Waals surface area contributed by atoms with E-state index in [1.54, 1.807) is 6.20 Å². The van der Waals surface area contributed by atoms with Crippen LogP contribution in [0, 0.1) is 5.92 Å². The van der Waals surface area contributed by atoms with Gasteiger partial charge in [-0.25, -0.2) is 9.78 Å². The van der Waals surface area contributed by atoms with Crippen LogP contribution in [0.1, 0.15) is 24.0 Å². The lowest BCUT2D eigenvalue weighted by Gasteiger charge is -2.33. The van der Waals surface area contributed by atoms with Crippen LogP contribution in [0.25, 0.3) is 0 Å². The van der Waals surface area contributed by atoms with Crippen molar-refractivity contribution in [2.24, 2.45) is 5.92 Å². The molecule has 0 unspecified atom stereocenters. The molecule has 2 aliphatic heterocycles. The molecule has 3 heterocycles. The van der Waals surface area contributed by atoms with Gasteiger partial charge in [0.05, 0.1) is 6.20 Å². The molecule has 6 rings (SSSR count). The predicted molar refractivity (Wildman–Crippen MR) is 183 cm³/mol. The number of carboxylic acid groups (broad SMARTS) is 1. The van der Waals surface area contributed by atoms with Crippen molar-refractivity contribution in [3.8, 4) is 0 Å². The highest BCUT2D eigenvalue weighted by molar-refractivity contribution is 7.80. The van der Waals surface area contributed by atoms with Gasteiger partial charge in [-0.2, -0.15) is 18.2 Å². The van der Waals surface area contributed by atoms with Crippen LogP contribution in [0.5, 0.6) is 0 Å². The third-order valence-electron chi connectivity index (χ3n) is 7.66. The zero-order valence-electron chi connectivity index (χ0n) is 25.4. The number of aliphatic carboxylic acids is 1. The number of hydrogen-bond donors (Lipinski definition) is 5. The van der Waals surface area contributed by atoms with Gasteiger partial charge in [0.1, 0.15) is 5.02 Å². The highest BCUT2D eigenvalue weighted by Gasteiger charge is 2.38. The first-order valence-electron chi connectivity index (χ1n) is 14.9. The average Bonchev–Trinajstić information content (AvgIpc) is 3.07. The van der Waals surface area contributed by atoms with E-state index in [4.69, 9.17) is 33.7 Å². The van der Waals surface area contributed by atoms with E-state index >= 15 is 0 Å². The summed E-state index contributed by atoms with van der Waals surface area (Å²) >= 11 is 12.0. The van der Waals surface area contributed by atoms with E-state index in [9.17, 15) is 18.0 Å². The molecule has 2 aliphatic rings. The molecule has 250 valence electrons. The van der Waals surface area contributed by atoms with Gasteiger partial charge in [0.15, 0.2) is 10.9 Å². The third kappa shape index (κ3) is 9.32. The summed E-state index contributed by atoms with van der Waals surface area (Å²) in [6, 6.07) is 24.0. The van der Waals surface area contributed by atoms with Gasteiger partial charge in [-0.3, -0.25) is 4.79 Å². The van der Waals surface area contributed by atoms with Crippen LogP contribution >= 0.6 is 23.8 Å². The molecule has 6 bridgehead atoms. The number of fused-ring (bicyclic) bond motifs is 6. The van der Waals surface area contributed by atoms with Crippen molar-refractivity contribution in [3.63, 3.8) is 0 Å². The zero-order chi connectivity index (χ0) is 34.3. The second-order valence-corrected chi connectivity index (χ2v) is 11.9. The van der Waals surface area contributed by atoms with E-state index in [1.807, 2.05) is 54.6 Å². The van der Waals surface area contributed by atoms with Crippen LogP contribution in [0.15, 0.2) is 79.0 Å². The number of anilines is 6. The van der Waals surface area contributed by atoms with E-state index in [0.29, 0.717) is 21.9 Å². The standard InChI is InChI=1S/C31H30ClN7OS.C2HF3O2/c32-26-19-33-30-35-24-8-4-5-20(17-24)9-10-22-18-25(34-28(26)38-30)11-12-27(22)37-29(40)21-13-15-39(16-14-21)31(41)36-23-6-2-1-3-7-23;3-2(4,5)1(6)7/h1-8,11-12,17-19,21H,9-10,13-16H2,(H,36,41)(H,37,40)(H2,33,34,35,38);(H,6,7). The molecule has 0 atom stereocenters. The number of aryl methyl sites for hydroxylation is 2. The van der Waals surface area contributed by atoms with E-state index in [0.717, 1.165) is 67.1 Å². The molecule has 5 N–H and O–H groups in total.